The molecule has 1 aromatic rings. The predicted molar refractivity (Wildman–Crippen MR) is 86.2 cm³/mol. The summed E-state index contributed by atoms with van der Waals surface area (Å²) in [5, 5.41) is 11.9. The summed E-state index contributed by atoms with van der Waals surface area (Å²) in [6, 6.07) is 5.84. The number of nitrogens with one attached hydrogen (secondary N) is 1. The fourth-order valence-corrected chi connectivity index (χ4v) is 2.59. The van der Waals surface area contributed by atoms with Gasteiger partial charge in [0.25, 0.3) is 5.91 Å². The summed E-state index contributed by atoms with van der Waals surface area (Å²) in [5.41, 5.74) is 0. The summed E-state index contributed by atoms with van der Waals surface area (Å²) >= 11 is 0. The zero-order valence-corrected chi connectivity index (χ0v) is 13.9. The number of carbonyl (C=O) groups excluding carboxylic acids is 1. The molecule has 0 spiro atoms. The highest BCUT2D eigenvalue weighted by atomic mass is 16.5. The first-order chi connectivity index (χ1) is 11.5. The molecule has 1 aliphatic rings. The molecule has 24 heavy (non-hydrogen) atoms. The molecule has 1 saturated heterocycles. The number of benzene rings is 1. The molecule has 132 valence electrons. The van der Waals surface area contributed by atoms with Crippen molar-refractivity contribution in [2.45, 2.75) is 31.9 Å². The van der Waals surface area contributed by atoms with E-state index in [0.29, 0.717) is 31.1 Å². The Morgan fingerprint density at radius 2 is 1.96 bits per heavy atom. The summed E-state index contributed by atoms with van der Waals surface area (Å²) in [5.74, 6) is -0.568. The minimum atomic E-state index is -1.06. The summed E-state index contributed by atoms with van der Waals surface area (Å²) in [7, 11) is 1.56. The van der Waals surface area contributed by atoms with Gasteiger partial charge in [-0.25, -0.2) is 4.79 Å². The maximum atomic E-state index is 12.3. The predicted octanol–water partition coefficient (Wildman–Crippen LogP) is 1.46. The topological polar surface area (TPSA) is 94.1 Å². The van der Waals surface area contributed by atoms with E-state index in [1.54, 1.807) is 38.3 Å². The van der Waals surface area contributed by atoms with Crippen molar-refractivity contribution in [3.05, 3.63) is 24.3 Å². The normalized spacial score (nSPS) is 19.8. The lowest BCUT2D eigenvalue weighted by Gasteiger charge is -2.28. The first-order valence-electron chi connectivity index (χ1n) is 7.93. The van der Waals surface area contributed by atoms with Crippen molar-refractivity contribution in [3.8, 4) is 11.5 Å². The second-order valence-corrected chi connectivity index (χ2v) is 5.74. The van der Waals surface area contributed by atoms with Crippen LogP contribution in [-0.2, 0) is 14.3 Å². The number of amides is 1. The van der Waals surface area contributed by atoms with E-state index in [-0.39, 0.29) is 5.92 Å². The van der Waals surface area contributed by atoms with E-state index in [4.69, 9.17) is 14.2 Å². The molecule has 1 amide bonds. The van der Waals surface area contributed by atoms with Gasteiger partial charge in [0.05, 0.1) is 13.7 Å². The summed E-state index contributed by atoms with van der Waals surface area (Å²) in [4.78, 5) is 23.7. The Labute approximate surface area is 140 Å². The lowest BCUT2D eigenvalue weighted by Crippen LogP contribution is -2.51. The molecule has 3 atom stereocenters. The van der Waals surface area contributed by atoms with Gasteiger partial charge in [0.1, 0.15) is 17.5 Å². The summed E-state index contributed by atoms with van der Waals surface area (Å²) < 4.78 is 15.9. The zero-order valence-electron chi connectivity index (χ0n) is 13.9. The van der Waals surface area contributed by atoms with Crippen LogP contribution in [0.2, 0.25) is 0 Å². The Morgan fingerprint density at radius 1 is 1.29 bits per heavy atom. The molecule has 1 heterocycles. The Bertz CT molecular complexity index is 553. The maximum Gasteiger partial charge on any atom is 0.326 e. The van der Waals surface area contributed by atoms with Crippen LogP contribution in [-0.4, -0.2) is 49.5 Å². The number of carbonyl (C=O) groups is 2. The second kappa shape index (κ2) is 8.54. The standard InChI is InChI=1S/C17H23NO6/c1-11(24-14-7-5-13(22-2)6-8-14)16(19)18-15(17(20)21)12-4-3-9-23-10-12/h5-8,11-12,15H,3-4,9-10H2,1-2H3,(H,18,19)(H,20,21). The van der Waals surface area contributed by atoms with Crippen LogP contribution in [0.5, 0.6) is 11.5 Å². The Kier molecular flexibility index (Phi) is 6.43. The highest BCUT2D eigenvalue weighted by Gasteiger charge is 2.32. The third kappa shape index (κ3) is 4.86. The molecule has 1 fully saturated rings. The average Bonchev–Trinajstić information content (AvgIpc) is 2.60. The van der Waals surface area contributed by atoms with Gasteiger partial charge in [0, 0.05) is 12.5 Å². The van der Waals surface area contributed by atoms with E-state index < -0.39 is 24.0 Å². The van der Waals surface area contributed by atoms with Gasteiger partial charge >= 0.3 is 5.97 Å². The van der Waals surface area contributed by atoms with E-state index >= 15 is 0 Å². The lowest BCUT2D eigenvalue weighted by molar-refractivity contribution is -0.146. The Balaban J connectivity index is 1.93. The molecule has 7 heteroatoms. The van der Waals surface area contributed by atoms with Gasteiger partial charge in [-0.1, -0.05) is 0 Å². The van der Waals surface area contributed by atoms with Crippen molar-refractivity contribution in [3.63, 3.8) is 0 Å². The van der Waals surface area contributed by atoms with Gasteiger partial charge in [-0.2, -0.15) is 0 Å². The van der Waals surface area contributed by atoms with Crippen LogP contribution < -0.4 is 14.8 Å². The van der Waals surface area contributed by atoms with Crippen LogP contribution in [0.25, 0.3) is 0 Å². The first-order valence-corrected chi connectivity index (χ1v) is 7.93. The fourth-order valence-electron chi connectivity index (χ4n) is 2.59. The van der Waals surface area contributed by atoms with Crippen molar-refractivity contribution >= 4 is 11.9 Å². The Hall–Kier alpha value is -2.28. The van der Waals surface area contributed by atoms with Crippen LogP contribution in [0.1, 0.15) is 19.8 Å². The highest BCUT2D eigenvalue weighted by Crippen LogP contribution is 2.20. The second-order valence-electron chi connectivity index (χ2n) is 5.74. The minimum Gasteiger partial charge on any atom is -0.497 e. The number of carboxylic acid groups (broad SMARTS) is 1. The SMILES string of the molecule is COc1ccc(OC(C)C(=O)NC(C(=O)O)C2CCCOC2)cc1. The van der Waals surface area contributed by atoms with Crippen LogP contribution in [0.15, 0.2) is 24.3 Å². The van der Waals surface area contributed by atoms with E-state index in [2.05, 4.69) is 5.32 Å². The largest absolute Gasteiger partial charge is 0.497 e. The molecule has 2 rings (SSSR count). The van der Waals surface area contributed by atoms with Gasteiger partial charge in [-0.05, 0) is 44.0 Å². The number of ether oxygens (including phenoxy) is 3. The summed E-state index contributed by atoms with van der Waals surface area (Å²) in [6.45, 7) is 2.55. The third-order valence-electron chi connectivity index (χ3n) is 3.97. The van der Waals surface area contributed by atoms with Crippen molar-refractivity contribution in [1.82, 2.24) is 5.32 Å². The number of rotatable bonds is 7. The van der Waals surface area contributed by atoms with Gasteiger partial charge in [0.15, 0.2) is 6.10 Å². The van der Waals surface area contributed by atoms with E-state index in [0.717, 1.165) is 6.42 Å². The van der Waals surface area contributed by atoms with Crippen molar-refractivity contribution in [2.24, 2.45) is 5.92 Å². The zero-order chi connectivity index (χ0) is 17.5. The molecular weight excluding hydrogens is 314 g/mol. The van der Waals surface area contributed by atoms with Crippen LogP contribution in [0.3, 0.4) is 0 Å². The van der Waals surface area contributed by atoms with Crippen molar-refractivity contribution in [1.29, 1.82) is 0 Å². The summed E-state index contributed by atoms with van der Waals surface area (Å²) in [6.07, 6.45) is 0.692. The number of hydrogen-bond acceptors (Lipinski definition) is 5. The van der Waals surface area contributed by atoms with Gasteiger partial charge in [-0.3, -0.25) is 4.79 Å². The number of aliphatic carboxylic acids is 1. The third-order valence-corrected chi connectivity index (χ3v) is 3.97. The molecule has 0 aromatic heterocycles. The highest BCUT2D eigenvalue weighted by molar-refractivity contribution is 5.86. The van der Waals surface area contributed by atoms with Crippen LogP contribution in [0.4, 0.5) is 0 Å². The number of hydrogen-bond donors (Lipinski definition) is 2. The molecule has 7 nitrogen and oxygen atoms in total. The molecule has 0 aliphatic carbocycles. The van der Waals surface area contributed by atoms with Gasteiger partial charge < -0.3 is 24.6 Å². The monoisotopic (exact) mass is 337 g/mol. The van der Waals surface area contributed by atoms with Crippen molar-refractivity contribution in [2.75, 3.05) is 20.3 Å². The smallest absolute Gasteiger partial charge is 0.326 e. The van der Waals surface area contributed by atoms with Gasteiger partial charge in [0.2, 0.25) is 0 Å². The molecule has 0 radical (unpaired) electrons. The van der Waals surface area contributed by atoms with Crippen LogP contribution in [0, 0.1) is 5.92 Å². The molecular formula is C17H23NO6. The molecule has 0 saturated carbocycles. The molecule has 1 aliphatic heterocycles. The molecule has 2 N–H and O–H groups in total. The van der Waals surface area contributed by atoms with Gasteiger partial charge in [-0.15, -0.1) is 0 Å². The lowest BCUT2D eigenvalue weighted by atomic mass is 9.93. The van der Waals surface area contributed by atoms with E-state index in [1.807, 2.05) is 0 Å². The average molecular weight is 337 g/mol. The fraction of sp³-hybridized carbons (Fsp3) is 0.529. The van der Waals surface area contributed by atoms with Crippen LogP contribution >= 0.6 is 0 Å². The minimum absolute atomic E-state index is 0.228. The quantitative estimate of drug-likeness (QED) is 0.782. The van der Waals surface area contributed by atoms with E-state index in [9.17, 15) is 14.7 Å². The first kappa shape index (κ1) is 18.1. The number of carboxylic acids is 1. The molecule has 0 bridgehead atoms. The number of methoxy groups -OCH3 is 1. The Morgan fingerprint density at radius 3 is 2.50 bits per heavy atom. The molecule has 1 aromatic carbocycles. The molecule has 3 unspecified atom stereocenters. The van der Waals surface area contributed by atoms with Crippen molar-refractivity contribution < 1.29 is 28.9 Å². The van der Waals surface area contributed by atoms with E-state index in [1.165, 1.54) is 0 Å². The maximum absolute atomic E-state index is 12.3.